The van der Waals surface area contributed by atoms with Crippen molar-refractivity contribution in [2.45, 2.75) is 19.5 Å². The first-order valence-electron chi connectivity index (χ1n) is 5.83. The average molecular weight is 237 g/mol. The molecule has 2 rings (SSSR count). The molecular weight excluding hydrogens is 218 g/mol. The van der Waals surface area contributed by atoms with E-state index in [1.165, 1.54) is 0 Å². The van der Waals surface area contributed by atoms with Gasteiger partial charge in [-0.25, -0.2) is 0 Å². The van der Waals surface area contributed by atoms with E-state index in [0.29, 0.717) is 11.9 Å². The van der Waals surface area contributed by atoms with Crippen molar-refractivity contribution >= 4 is 11.7 Å². The molecule has 0 radical (unpaired) electrons. The Bertz CT molecular complexity index is 402. The molecule has 0 bridgehead atoms. The number of carbonyl (C=O) groups is 1. The Kier molecular flexibility index (Phi) is 3.33. The molecule has 2 N–H and O–H groups in total. The van der Waals surface area contributed by atoms with Crippen LogP contribution in [0.1, 0.15) is 6.92 Å². The van der Waals surface area contributed by atoms with Gasteiger partial charge in [-0.2, -0.15) is 5.10 Å². The fraction of sp³-hybridized carbons (Fsp3) is 0.636. The first kappa shape index (κ1) is 11.9. The lowest BCUT2D eigenvalue weighted by molar-refractivity contribution is -0.134. The van der Waals surface area contributed by atoms with E-state index in [0.717, 1.165) is 19.6 Å². The lowest BCUT2D eigenvalue weighted by atomic mass is 10.2. The zero-order valence-electron chi connectivity index (χ0n) is 10.3. The summed E-state index contributed by atoms with van der Waals surface area (Å²) in [4.78, 5) is 16.2. The van der Waals surface area contributed by atoms with Crippen molar-refractivity contribution in [3.63, 3.8) is 0 Å². The predicted molar refractivity (Wildman–Crippen MR) is 65.3 cm³/mol. The molecule has 1 aliphatic rings. The molecule has 1 atom stereocenters. The summed E-state index contributed by atoms with van der Waals surface area (Å²) in [7, 11) is 2.08. The molecule has 1 aromatic rings. The van der Waals surface area contributed by atoms with Crippen molar-refractivity contribution < 1.29 is 4.79 Å². The van der Waals surface area contributed by atoms with Crippen molar-refractivity contribution in [3.05, 3.63) is 12.3 Å². The number of rotatable bonds is 2. The van der Waals surface area contributed by atoms with E-state index < -0.39 is 0 Å². The van der Waals surface area contributed by atoms with E-state index in [1.54, 1.807) is 16.9 Å². The normalized spacial score (nSPS) is 21.8. The number of hydrogen-bond donors (Lipinski definition) is 1. The second-order valence-electron chi connectivity index (χ2n) is 4.61. The summed E-state index contributed by atoms with van der Waals surface area (Å²) in [5.74, 6) is 0.553. The van der Waals surface area contributed by atoms with Crippen LogP contribution in [0, 0.1) is 0 Å². The summed E-state index contributed by atoms with van der Waals surface area (Å²) >= 11 is 0. The summed E-state index contributed by atoms with van der Waals surface area (Å²) in [5.41, 5.74) is 5.51. The highest BCUT2D eigenvalue weighted by atomic mass is 16.2. The van der Waals surface area contributed by atoms with Crippen LogP contribution in [0.2, 0.25) is 0 Å². The third-order valence-corrected chi connectivity index (χ3v) is 3.27. The summed E-state index contributed by atoms with van der Waals surface area (Å²) in [5, 5.41) is 4.02. The largest absolute Gasteiger partial charge is 0.382 e. The van der Waals surface area contributed by atoms with Crippen molar-refractivity contribution in [1.82, 2.24) is 19.6 Å². The molecule has 0 aliphatic carbocycles. The molecule has 6 nitrogen and oxygen atoms in total. The molecule has 1 fully saturated rings. The van der Waals surface area contributed by atoms with Crippen molar-refractivity contribution in [2.75, 3.05) is 32.4 Å². The van der Waals surface area contributed by atoms with Gasteiger partial charge < -0.3 is 15.5 Å². The van der Waals surface area contributed by atoms with E-state index in [9.17, 15) is 4.79 Å². The fourth-order valence-corrected chi connectivity index (χ4v) is 1.98. The van der Waals surface area contributed by atoms with Crippen LogP contribution in [0.4, 0.5) is 5.82 Å². The van der Waals surface area contributed by atoms with E-state index in [4.69, 9.17) is 5.73 Å². The standard InChI is InChI=1S/C11H19N5O/c1-9-7-15(6-5-14(9)2)11(17)8-16-4-3-10(12)13-16/h3-4,9H,5-8H2,1-2H3,(H2,12,13). The molecular formula is C11H19N5O. The van der Waals surface area contributed by atoms with Crippen LogP contribution in [-0.4, -0.2) is 58.2 Å². The predicted octanol–water partition coefficient (Wildman–Crippen LogP) is -0.372. The van der Waals surface area contributed by atoms with Gasteiger partial charge in [0.1, 0.15) is 12.4 Å². The third kappa shape index (κ3) is 2.76. The lowest BCUT2D eigenvalue weighted by Crippen LogP contribution is -2.52. The molecule has 0 saturated carbocycles. The van der Waals surface area contributed by atoms with Gasteiger partial charge >= 0.3 is 0 Å². The molecule has 2 heterocycles. The Morgan fingerprint density at radius 2 is 2.35 bits per heavy atom. The summed E-state index contributed by atoms with van der Waals surface area (Å²) < 4.78 is 1.58. The van der Waals surface area contributed by atoms with Crippen LogP contribution in [-0.2, 0) is 11.3 Å². The van der Waals surface area contributed by atoms with Gasteiger partial charge in [-0.15, -0.1) is 0 Å². The minimum atomic E-state index is 0.105. The minimum absolute atomic E-state index is 0.105. The number of hydrogen-bond acceptors (Lipinski definition) is 4. The molecule has 1 unspecified atom stereocenters. The van der Waals surface area contributed by atoms with Crippen LogP contribution in [0.5, 0.6) is 0 Å². The van der Waals surface area contributed by atoms with Gasteiger partial charge in [-0.05, 0) is 20.0 Å². The van der Waals surface area contributed by atoms with Gasteiger partial charge in [0.05, 0.1) is 0 Å². The third-order valence-electron chi connectivity index (χ3n) is 3.27. The second kappa shape index (κ2) is 4.75. The van der Waals surface area contributed by atoms with E-state index >= 15 is 0 Å². The van der Waals surface area contributed by atoms with Gasteiger partial charge in [-0.3, -0.25) is 9.48 Å². The quantitative estimate of drug-likeness (QED) is 0.762. The number of amides is 1. The van der Waals surface area contributed by atoms with Gasteiger partial charge in [0.25, 0.3) is 0 Å². The molecule has 1 aliphatic heterocycles. The SMILES string of the molecule is CC1CN(C(=O)Cn2ccc(N)n2)CCN1C. The zero-order chi connectivity index (χ0) is 12.4. The Morgan fingerprint density at radius 1 is 1.59 bits per heavy atom. The molecule has 94 valence electrons. The Morgan fingerprint density at radius 3 is 2.94 bits per heavy atom. The molecule has 0 aromatic carbocycles. The number of piperazine rings is 1. The maximum absolute atomic E-state index is 12.0. The maximum atomic E-state index is 12.0. The molecule has 17 heavy (non-hydrogen) atoms. The van der Waals surface area contributed by atoms with Gasteiger partial charge in [-0.1, -0.05) is 0 Å². The Hall–Kier alpha value is -1.56. The minimum Gasteiger partial charge on any atom is -0.382 e. The highest BCUT2D eigenvalue weighted by molar-refractivity contribution is 5.76. The number of nitrogen functional groups attached to an aromatic ring is 1. The second-order valence-corrected chi connectivity index (χ2v) is 4.61. The van der Waals surface area contributed by atoms with Crippen LogP contribution in [0.15, 0.2) is 12.3 Å². The number of likely N-dealkylation sites (N-methyl/N-ethyl adjacent to an activating group) is 1. The molecule has 0 spiro atoms. The van der Waals surface area contributed by atoms with E-state index in [-0.39, 0.29) is 12.5 Å². The van der Waals surface area contributed by atoms with Crippen LogP contribution >= 0.6 is 0 Å². The highest BCUT2D eigenvalue weighted by Crippen LogP contribution is 2.08. The first-order valence-corrected chi connectivity index (χ1v) is 5.83. The lowest BCUT2D eigenvalue weighted by Gasteiger charge is -2.37. The first-order chi connectivity index (χ1) is 8.06. The summed E-state index contributed by atoms with van der Waals surface area (Å²) in [6, 6.07) is 2.11. The number of aromatic nitrogens is 2. The number of anilines is 1. The van der Waals surface area contributed by atoms with Crippen molar-refractivity contribution in [3.8, 4) is 0 Å². The maximum Gasteiger partial charge on any atom is 0.244 e. The molecule has 1 saturated heterocycles. The number of nitrogens with zero attached hydrogens (tertiary/aromatic N) is 4. The monoisotopic (exact) mass is 237 g/mol. The highest BCUT2D eigenvalue weighted by Gasteiger charge is 2.24. The van der Waals surface area contributed by atoms with Crippen molar-refractivity contribution in [1.29, 1.82) is 0 Å². The zero-order valence-corrected chi connectivity index (χ0v) is 10.3. The molecule has 1 amide bonds. The van der Waals surface area contributed by atoms with E-state index in [1.807, 2.05) is 4.90 Å². The van der Waals surface area contributed by atoms with Crippen LogP contribution in [0.3, 0.4) is 0 Å². The average Bonchev–Trinajstić information content (AvgIpc) is 2.68. The smallest absolute Gasteiger partial charge is 0.244 e. The fourth-order valence-electron chi connectivity index (χ4n) is 1.98. The Labute approximate surface area is 101 Å². The molecule has 1 aromatic heterocycles. The van der Waals surface area contributed by atoms with Crippen molar-refractivity contribution in [2.24, 2.45) is 0 Å². The van der Waals surface area contributed by atoms with Crippen LogP contribution in [0.25, 0.3) is 0 Å². The van der Waals surface area contributed by atoms with Gasteiger partial charge in [0, 0.05) is 31.9 Å². The van der Waals surface area contributed by atoms with Crippen LogP contribution < -0.4 is 5.73 Å². The van der Waals surface area contributed by atoms with Gasteiger partial charge in [0.2, 0.25) is 5.91 Å². The topological polar surface area (TPSA) is 67.4 Å². The molecule has 6 heteroatoms. The van der Waals surface area contributed by atoms with E-state index in [2.05, 4.69) is 24.0 Å². The summed E-state index contributed by atoms with van der Waals surface area (Å²) in [6.45, 7) is 4.90. The van der Waals surface area contributed by atoms with Gasteiger partial charge in [0.15, 0.2) is 0 Å². The summed E-state index contributed by atoms with van der Waals surface area (Å²) in [6.07, 6.45) is 1.73. The number of nitrogens with two attached hydrogens (primary N) is 1. The number of carbonyl (C=O) groups excluding carboxylic acids is 1. The Balaban J connectivity index is 1.92.